The van der Waals surface area contributed by atoms with Crippen LogP contribution in [0, 0.1) is 0 Å². The number of amides is 1. The van der Waals surface area contributed by atoms with Crippen LogP contribution in [0.5, 0.6) is 0 Å². The number of halogens is 3. The zero-order valence-electron chi connectivity index (χ0n) is 13.6. The van der Waals surface area contributed by atoms with Gasteiger partial charge in [-0.15, -0.1) is 24.8 Å². The highest BCUT2D eigenvalue weighted by atomic mass is 35.5. The largest absolute Gasteiger partial charge is 0.370 e. The fourth-order valence-corrected chi connectivity index (χ4v) is 3.02. The van der Waals surface area contributed by atoms with Gasteiger partial charge >= 0.3 is 0 Å². The van der Waals surface area contributed by atoms with Gasteiger partial charge in [-0.3, -0.25) is 4.79 Å². The van der Waals surface area contributed by atoms with Crippen LogP contribution < -0.4 is 11.1 Å². The highest BCUT2D eigenvalue weighted by Crippen LogP contribution is 2.24. The minimum Gasteiger partial charge on any atom is -0.370 e. The van der Waals surface area contributed by atoms with E-state index >= 15 is 0 Å². The van der Waals surface area contributed by atoms with Gasteiger partial charge < -0.3 is 20.9 Å². The maximum atomic E-state index is 12.2. The van der Waals surface area contributed by atoms with Gasteiger partial charge in [-0.25, -0.2) is 0 Å². The summed E-state index contributed by atoms with van der Waals surface area (Å²) in [5.74, 6) is -0.276. The number of H-pyrrole nitrogens is 1. The van der Waals surface area contributed by atoms with E-state index in [0.29, 0.717) is 17.3 Å². The third-order valence-electron chi connectivity index (χ3n) is 4.00. The number of nitrogens with zero attached hydrogens (tertiary/aromatic N) is 2. The van der Waals surface area contributed by atoms with Crippen molar-refractivity contribution in [2.75, 3.05) is 26.2 Å². The molecule has 0 spiro atoms. The first-order valence-electron chi connectivity index (χ1n) is 7.75. The Kier molecular flexibility index (Phi) is 8.52. The number of benzene rings is 1. The fourth-order valence-electron chi connectivity index (χ4n) is 2.79. The molecule has 25 heavy (non-hydrogen) atoms. The third kappa shape index (κ3) is 5.51. The van der Waals surface area contributed by atoms with Crippen molar-refractivity contribution >= 4 is 59.2 Å². The SMILES string of the molecule is Cl.Cl.NC(=NC(=O)c1cc2c(Cl)cccc2[nH]1)NCCN1CCCC1. The molecule has 6 nitrogen and oxygen atoms in total. The summed E-state index contributed by atoms with van der Waals surface area (Å²) in [5, 5.41) is 4.38. The van der Waals surface area contributed by atoms with E-state index < -0.39 is 5.91 Å². The molecule has 1 aromatic carbocycles. The highest BCUT2D eigenvalue weighted by Gasteiger charge is 2.12. The number of rotatable bonds is 4. The van der Waals surface area contributed by atoms with Crippen molar-refractivity contribution in [2.24, 2.45) is 10.7 Å². The lowest BCUT2D eigenvalue weighted by Gasteiger charge is -2.14. The van der Waals surface area contributed by atoms with Crippen LogP contribution in [0.25, 0.3) is 10.9 Å². The number of hydrogen-bond donors (Lipinski definition) is 3. The van der Waals surface area contributed by atoms with E-state index in [4.69, 9.17) is 17.3 Å². The number of hydrogen-bond acceptors (Lipinski definition) is 2. The summed E-state index contributed by atoms with van der Waals surface area (Å²) in [4.78, 5) is 21.4. The highest BCUT2D eigenvalue weighted by molar-refractivity contribution is 6.35. The molecule has 0 bridgehead atoms. The lowest BCUT2D eigenvalue weighted by molar-refractivity contribution is 0.0998. The van der Waals surface area contributed by atoms with Gasteiger partial charge in [0.2, 0.25) is 0 Å². The number of likely N-dealkylation sites (tertiary alicyclic amines) is 1. The molecular formula is C16H22Cl3N5O. The van der Waals surface area contributed by atoms with Gasteiger partial charge in [-0.2, -0.15) is 4.99 Å². The maximum Gasteiger partial charge on any atom is 0.296 e. The molecule has 4 N–H and O–H groups in total. The summed E-state index contributed by atoms with van der Waals surface area (Å²) < 4.78 is 0. The Hall–Kier alpha value is -1.47. The Balaban J connectivity index is 0.00000156. The molecule has 2 aromatic rings. The maximum absolute atomic E-state index is 12.2. The van der Waals surface area contributed by atoms with Gasteiger partial charge in [0.15, 0.2) is 5.96 Å². The number of carbonyl (C=O) groups is 1. The molecule has 3 rings (SSSR count). The third-order valence-corrected chi connectivity index (χ3v) is 4.33. The van der Waals surface area contributed by atoms with E-state index in [-0.39, 0.29) is 30.8 Å². The summed E-state index contributed by atoms with van der Waals surface area (Å²) in [7, 11) is 0. The van der Waals surface area contributed by atoms with Gasteiger partial charge in [0.1, 0.15) is 5.69 Å². The van der Waals surface area contributed by atoms with Crippen LogP contribution >= 0.6 is 36.4 Å². The van der Waals surface area contributed by atoms with Crippen LogP contribution in [-0.4, -0.2) is 47.9 Å². The van der Waals surface area contributed by atoms with Crippen molar-refractivity contribution < 1.29 is 4.79 Å². The summed E-state index contributed by atoms with van der Waals surface area (Å²) in [5.41, 5.74) is 6.96. The van der Waals surface area contributed by atoms with Crippen molar-refractivity contribution in [2.45, 2.75) is 12.8 Å². The molecule has 1 amide bonds. The number of aliphatic imine (C=N–C) groups is 1. The van der Waals surface area contributed by atoms with Crippen LogP contribution in [0.3, 0.4) is 0 Å². The number of carbonyl (C=O) groups excluding carboxylic acids is 1. The van der Waals surface area contributed by atoms with Crippen molar-refractivity contribution in [3.63, 3.8) is 0 Å². The number of fused-ring (bicyclic) bond motifs is 1. The lowest BCUT2D eigenvalue weighted by Crippen LogP contribution is -2.38. The van der Waals surface area contributed by atoms with Crippen molar-refractivity contribution in [3.05, 3.63) is 35.0 Å². The topological polar surface area (TPSA) is 86.5 Å². The van der Waals surface area contributed by atoms with Crippen LogP contribution in [0.2, 0.25) is 5.02 Å². The first-order valence-corrected chi connectivity index (χ1v) is 8.13. The molecule has 0 unspecified atom stereocenters. The molecule has 1 fully saturated rings. The van der Waals surface area contributed by atoms with E-state index in [9.17, 15) is 4.79 Å². The first-order chi connectivity index (χ1) is 11.1. The average Bonchev–Trinajstić information content (AvgIpc) is 3.16. The molecule has 138 valence electrons. The van der Waals surface area contributed by atoms with E-state index in [2.05, 4.69) is 20.2 Å². The summed E-state index contributed by atoms with van der Waals surface area (Å²) in [6.07, 6.45) is 2.51. The zero-order chi connectivity index (χ0) is 16.2. The van der Waals surface area contributed by atoms with Crippen molar-refractivity contribution in [1.29, 1.82) is 0 Å². The summed E-state index contributed by atoms with van der Waals surface area (Å²) in [6, 6.07) is 7.16. The number of aromatic amines is 1. The van der Waals surface area contributed by atoms with Gasteiger partial charge in [0, 0.05) is 29.0 Å². The Morgan fingerprint density at radius 1 is 1.32 bits per heavy atom. The Morgan fingerprint density at radius 3 is 2.72 bits per heavy atom. The van der Waals surface area contributed by atoms with Crippen LogP contribution in [-0.2, 0) is 0 Å². The van der Waals surface area contributed by atoms with E-state index in [0.717, 1.165) is 30.5 Å². The van der Waals surface area contributed by atoms with Gasteiger partial charge in [0.25, 0.3) is 5.91 Å². The van der Waals surface area contributed by atoms with E-state index in [1.54, 1.807) is 12.1 Å². The van der Waals surface area contributed by atoms with Gasteiger partial charge in [-0.05, 0) is 44.1 Å². The number of nitrogens with one attached hydrogen (secondary N) is 2. The van der Waals surface area contributed by atoms with Crippen LogP contribution in [0.1, 0.15) is 23.3 Å². The molecule has 1 aliphatic rings. The Labute approximate surface area is 164 Å². The molecule has 1 saturated heterocycles. The second-order valence-corrected chi connectivity index (χ2v) is 6.07. The Morgan fingerprint density at radius 2 is 2.04 bits per heavy atom. The monoisotopic (exact) mass is 405 g/mol. The molecule has 1 aromatic heterocycles. The first kappa shape index (κ1) is 21.6. The minimum atomic E-state index is -0.413. The van der Waals surface area contributed by atoms with Crippen molar-refractivity contribution in [3.8, 4) is 0 Å². The Bertz CT molecular complexity index is 740. The summed E-state index contributed by atoms with van der Waals surface area (Å²) >= 11 is 6.10. The second kappa shape index (κ2) is 9.87. The molecule has 2 heterocycles. The molecular weight excluding hydrogens is 385 g/mol. The molecule has 0 saturated carbocycles. The van der Waals surface area contributed by atoms with E-state index in [1.165, 1.54) is 12.8 Å². The van der Waals surface area contributed by atoms with Gasteiger partial charge in [0.05, 0.1) is 0 Å². The summed E-state index contributed by atoms with van der Waals surface area (Å²) in [6.45, 7) is 3.86. The normalized spacial score (nSPS) is 14.8. The van der Waals surface area contributed by atoms with Gasteiger partial charge in [-0.1, -0.05) is 17.7 Å². The lowest BCUT2D eigenvalue weighted by atomic mass is 10.2. The van der Waals surface area contributed by atoms with Crippen LogP contribution in [0.15, 0.2) is 29.3 Å². The smallest absolute Gasteiger partial charge is 0.296 e. The zero-order valence-corrected chi connectivity index (χ0v) is 16.0. The fraction of sp³-hybridized carbons (Fsp3) is 0.375. The standard InChI is InChI=1S/C16H20ClN5O.2ClH/c17-12-4-3-5-13-11(12)10-14(20-13)15(23)21-16(18)19-6-9-22-7-1-2-8-22;;/h3-5,10,20H,1-2,6-9H2,(H3,18,19,21,23);2*1H. The minimum absolute atomic E-state index is 0. The molecule has 0 radical (unpaired) electrons. The number of nitrogens with two attached hydrogens (primary N) is 1. The second-order valence-electron chi connectivity index (χ2n) is 5.66. The number of aromatic nitrogens is 1. The predicted octanol–water partition coefficient (Wildman–Crippen LogP) is 2.81. The average molecular weight is 407 g/mol. The van der Waals surface area contributed by atoms with Crippen molar-refractivity contribution in [1.82, 2.24) is 15.2 Å². The molecule has 1 aliphatic heterocycles. The molecule has 0 atom stereocenters. The van der Waals surface area contributed by atoms with Crippen LogP contribution in [0.4, 0.5) is 0 Å². The predicted molar refractivity (Wildman–Crippen MR) is 107 cm³/mol. The quantitative estimate of drug-likeness (QED) is 0.538. The molecule has 9 heteroatoms. The molecule has 0 aliphatic carbocycles. The number of guanidine groups is 1. The van der Waals surface area contributed by atoms with E-state index in [1.807, 2.05) is 12.1 Å².